The molecule has 0 spiro atoms. The summed E-state index contributed by atoms with van der Waals surface area (Å²) in [5.74, 6) is 1.99. The lowest BCUT2D eigenvalue weighted by Crippen LogP contribution is -2.36. The number of nitrogens with two attached hydrogens (primary N) is 1. The maximum absolute atomic E-state index is 5.86. The predicted octanol–water partition coefficient (Wildman–Crippen LogP) is 2.10. The number of nitrogen functional groups attached to an aromatic ring is 1. The summed E-state index contributed by atoms with van der Waals surface area (Å²) in [7, 11) is 0. The van der Waals surface area contributed by atoms with Crippen LogP contribution < -0.4 is 16.0 Å². The van der Waals surface area contributed by atoms with Gasteiger partial charge in [-0.05, 0) is 6.07 Å². The van der Waals surface area contributed by atoms with Gasteiger partial charge in [-0.1, -0.05) is 30.3 Å². The monoisotopic (exact) mass is 349 g/mol. The number of hydrogen-bond donors (Lipinski definition) is 2. The second-order valence-corrected chi connectivity index (χ2v) is 5.83. The quantitative estimate of drug-likeness (QED) is 0.738. The van der Waals surface area contributed by atoms with Crippen LogP contribution in [0.25, 0.3) is 11.4 Å². The Morgan fingerprint density at radius 1 is 1.00 bits per heavy atom. The highest BCUT2D eigenvalue weighted by atomic mass is 16.5. The van der Waals surface area contributed by atoms with Gasteiger partial charge >= 0.3 is 0 Å². The summed E-state index contributed by atoms with van der Waals surface area (Å²) in [6.07, 6.45) is 1.76. The van der Waals surface area contributed by atoms with E-state index in [1.807, 2.05) is 42.5 Å². The molecule has 8 nitrogen and oxygen atoms in total. The summed E-state index contributed by atoms with van der Waals surface area (Å²) in [5.41, 5.74) is 7.58. The molecule has 0 amide bonds. The Morgan fingerprint density at radius 2 is 1.81 bits per heavy atom. The van der Waals surface area contributed by atoms with Gasteiger partial charge in [0.25, 0.3) is 0 Å². The molecule has 3 heterocycles. The van der Waals surface area contributed by atoms with E-state index in [4.69, 9.17) is 10.5 Å². The topological polar surface area (TPSA) is 102 Å². The SMILES string of the molecule is Nc1nc(Nc2ccnc(N3CCOCC3)c2)nc(-c2ccccc2)n1. The summed E-state index contributed by atoms with van der Waals surface area (Å²) >= 11 is 0. The van der Waals surface area contributed by atoms with Crippen LogP contribution in [0.15, 0.2) is 48.7 Å². The van der Waals surface area contributed by atoms with Crippen LogP contribution in [0, 0.1) is 0 Å². The van der Waals surface area contributed by atoms with E-state index in [9.17, 15) is 0 Å². The molecule has 0 unspecified atom stereocenters. The third kappa shape index (κ3) is 3.70. The number of anilines is 4. The number of pyridine rings is 1. The minimum Gasteiger partial charge on any atom is -0.378 e. The number of rotatable bonds is 4. The Hall–Kier alpha value is -3.26. The lowest BCUT2D eigenvalue weighted by Gasteiger charge is -2.28. The standard InChI is InChI=1S/C18H19N7O/c19-17-22-16(13-4-2-1-3-5-13)23-18(24-17)21-14-6-7-20-15(12-14)25-8-10-26-11-9-25/h1-7,12H,8-11H2,(H3,19,20,21,22,23,24). The van der Waals surface area contributed by atoms with Crippen molar-refractivity contribution in [3.8, 4) is 11.4 Å². The van der Waals surface area contributed by atoms with E-state index in [1.54, 1.807) is 6.20 Å². The Labute approximate surface area is 151 Å². The third-order valence-electron chi connectivity index (χ3n) is 4.02. The Kier molecular flexibility index (Phi) is 4.57. The molecule has 132 valence electrons. The highest BCUT2D eigenvalue weighted by molar-refractivity contribution is 5.62. The summed E-state index contributed by atoms with van der Waals surface area (Å²) in [5, 5.41) is 3.19. The van der Waals surface area contributed by atoms with E-state index in [-0.39, 0.29) is 5.95 Å². The number of nitrogens with zero attached hydrogens (tertiary/aromatic N) is 5. The lowest BCUT2D eigenvalue weighted by molar-refractivity contribution is 0.122. The fourth-order valence-corrected chi connectivity index (χ4v) is 2.76. The lowest BCUT2D eigenvalue weighted by atomic mass is 10.2. The van der Waals surface area contributed by atoms with Crippen molar-refractivity contribution >= 4 is 23.4 Å². The molecule has 1 aliphatic heterocycles. The van der Waals surface area contributed by atoms with Gasteiger partial charge in [0.05, 0.1) is 13.2 Å². The number of morpholine rings is 1. The molecule has 1 fully saturated rings. The van der Waals surface area contributed by atoms with Crippen LogP contribution in [-0.2, 0) is 4.74 Å². The van der Waals surface area contributed by atoms with Crippen molar-refractivity contribution in [2.24, 2.45) is 0 Å². The fourth-order valence-electron chi connectivity index (χ4n) is 2.76. The second kappa shape index (κ2) is 7.32. The van der Waals surface area contributed by atoms with E-state index < -0.39 is 0 Å². The first kappa shape index (κ1) is 16.2. The van der Waals surface area contributed by atoms with E-state index in [0.717, 1.165) is 30.2 Å². The molecule has 1 aliphatic rings. The van der Waals surface area contributed by atoms with E-state index in [1.165, 1.54) is 0 Å². The maximum atomic E-state index is 5.86. The van der Waals surface area contributed by atoms with Crippen molar-refractivity contribution in [3.05, 3.63) is 48.7 Å². The molecular formula is C18H19N7O. The fraction of sp³-hybridized carbons (Fsp3) is 0.222. The zero-order valence-corrected chi connectivity index (χ0v) is 14.2. The first-order valence-electron chi connectivity index (χ1n) is 8.41. The van der Waals surface area contributed by atoms with Gasteiger partial charge in [-0.2, -0.15) is 15.0 Å². The summed E-state index contributed by atoms with van der Waals surface area (Å²) in [4.78, 5) is 19.5. The molecule has 4 rings (SSSR count). The van der Waals surface area contributed by atoms with Gasteiger partial charge in [0.15, 0.2) is 5.82 Å². The van der Waals surface area contributed by atoms with Gasteiger partial charge in [-0.3, -0.25) is 0 Å². The zero-order chi connectivity index (χ0) is 17.8. The van der Waals surface area contributed by atoms with Gasteiger partial charge in [0.2, 0.25) is 11.9 Å². The molecule has 0 radical (unpaired) electrons. The largest absolute Gasteiger partial charge is 0.378 e. The smallest absolute Gasteiger partial charge is 0.232 e. The molecule has 3 aromatic rings. The third-order valence-corrected chi connectivity index (χ3v) is 4.02. The average molecular weight is 349 g/mol. The highest BCUT2D eigenvalue weighted by Gasteiger charge is 2.13. The van der Waals surface area contributed by atoms with Crippen molar-refractivity contribution in [1.29, 1.82) is 0 Å². The Balaban J connectivity index is 1.58. The molecule has 0 atom stereocenters. The van der Waals surface area contributed by atoms with E-state index in [2.05, 4.69) is 30.2 Å². The van der Waals surface area contributed by atoms with Crippen LogP contribution in [0.5, 0.6) is 0 Å². The first-order valence-corrected chi connectivity index (χ1v) is 8.41. The zero-order valence-electron chi connectivity index (χ0n) is 14.2. The molecule has 0 saturated carbocycles. The van der Waals surface area contributed by atoms with E-state index in [0.29, 0.717) is 25.0 Å². The number of nitrogens with one attached hydrogen (secondary N) is 1. The molecule has 26 heavy (non-hydrogen) atoms. The predicted molar refractivity (Wildman–Crippen MR) is 100 cm³/mol. The number of hydrogen-bond acceptors (Lipinski definition) is 8. The summed E-state index contributed by atoms with van der Waals surface area (Å²) in [6, 6.07) is 13.5. The second-order valence-electron chi connectivity index (χ2n) is 5.83. The Morgan fingerprint density at radius 3 is 2.62 bits per heavy atom. The van der Waals surface area contributed by atoms with Gasteiger partial charge in [-0.15, -0.1) is 0 Å². The van der Waals surface area contributed by atoms with Crippen LogP contribution in [0.4, 0.5) is 23.4 Å². The molecule has 1 aromatic carbocycles. The van der Waals surface area contributed by atoms with Crippen molar-refractivity contribution < 1.29 is 4.74 Å². The number of aromatic nitrogens is 4. The normalized spacial score (nSPS) is 14.2. The van der Waals surface area contributed by atoms with Crippen LogP contribution in [0.3, 0.4) is 0 Å². The minimum absolute atomic E-state index is 0.170. The van der Waals surface area contributed by atoms with Crippen LogP contribution in [0.2, 0.25) is 0 Å². The van der Waals surface area contributed by atoms with Crippen LogP contribution in [0.1, 0.15) is 0 Å². The maximum Gasteiger partial charge on any atom is 0.232 e. The molecule has 3 N–H and O–H groups in total. The van der Waals surface area contributed by atoms with Crippen molar-refractivity contribution in [2.45, 2.75) is 0 Å². The van der Waals surface area contributed by atoms with Gasteiger partial charge in [0, 0.05) is 36.6 Å². The molecule has 8 heteroatoms. The minimum atomic E-state index is 0.170. The van der Waals surface area contributed by atoms with Crippen molar-refractivity contribution in [2.75, 3.05) is 42.3 Å². The average Bonchev–Trinajstić information content (AvgIpc) is 2.69. The first-order chi connectivity index (χ1) is 12.8. The van der Waals surface area contributed by atoms with E-state index >= 15 is 0 Å². The molecular weight excluding hydrogens is 330 g/mol. The summed E-state index contributed by atoms with van der Waals surface area (Å²) < 4.78 is 5.39. The highest BCUT2D eigenvalue weighted by Crippen LogP contribution is 2.22. The molecule has 0 aliphatic carbocycles. The number of ether oxygens (including phenoxy) is 1. The van der Waals surface area contributed by atoms with Gasteiger partial charge < -0.3 is 20.7 Å². The van der Waals surface area contributed by atoms with Crippen molar-refractivity contribution in [3.63, 3.8) is 0 Å². The Bertz CT molecular complexity index is 882. The van der Waals surface area contributed by atoms with Gasteiger partial charge in [-0.25, -0.2) is 4.98 Å². The molecule has 0 bridgehead atoms. The van der Waals surface area contributed by atoms with Gasteiger partial charge in [0.1, 0.15) is 5.82 Å². The summed E-state index contributed by atoms with van der Waals surface area (Å²) in [6.45, 7) is 3.08. The van der Waals surface area contributed by atoms with Crippen molar-refractivity contribution in [1.82, 2.24) is 19.9 Å². The van der Waals surface area contributed by atoms with Crippen LogP contribution in [-0.4, -0.2) is 46.2 Å². The molecule has 1 saturated heterocycles. The number of benzene rings is 1. The molecule has 2 aromatic heterocycles. The van der Waals surface area contributed by atoms with Crippen LogP contribution >= 0.6 is 0 Å².